The number of hydrogen-bond donors (Lipinski definition) is 1. The molecule has 100 valence electrons. The Hall–Kier alpha value is -0.120. The maximum Gasteiger partial charge on any atom is 0.0110 e. The molecule has 17 heavy (non-hydrogen) atoms. The molecule has 2 fully saturated rings. The normalized spacial score (nSPS) is 27.7. The summed E-state index contributed by atoms with van der Waals surface area (Å²) in [5.74, 6) is 0.969. The highest BCUT2D eigenvalue weighted by molar-refractivity contribution is 4.74. The van der Waals surface area contributed by atoms with Crippen molar-refractivity contribution in [3.8, 4) is 0 Å². The molecule has 0 aromatic rings. The molecule has 0 bridgehead atoms. The monoisotopic (exact) mass is 239 g/mol. The Balaban J connectivity index is 1.52. The van der Waals surface area contributed by atoms with E-state index in [9.17, 15) is 0 Å². The van der Waals surface area contributed by atoms with Gasteiger partial charge in [0.2, 0.25) is 0 Å². The fraction of sp³-hybridized carbons (Fsp3) is 1.00. The lowest BCUT2D eigenvalue weighted by atomic mass is 10.0. The maximum atomic E-state index is 3.46. The molecule has 1 unspecified atom stereocenters. The largest absolute Gasteiger partial charge is 0.316 e. The zero-order valence-electron chi connectivity index (χ0n) is 11.5. The van der Waals surface area contributed by atoms with Crippen molar-refractivity contribution in [3.05, 3.63) is 0 Å². The van der Waals surface area contributed by atoms with Crippen LogP contribution in [0.15, 0.2) is 0 Å². The molecule has 0 amide bonds. The Morgan fingerprint density at radius 1 is 1.06 bits per heavy atom. The first kappa shape index (κ1) is 13.3. The van der Waals surface area contributed by atoms with Crippen LogP contribution in [0.1, 0.15) is 32.6 Å². The molecule has 0 aromatic heterocycles. The summed E-state index contributed by atoms with van der Waals surface area (Å²) in [4.78, 5) is 5.27. The second-order valence-electron chi connectivity index (χ2n) is 5.68. The van der Waals surface area contributed by atoms with Crippen LogP contribution in [0.4, 0.5) is 0 Å². The third kappa shape index (κ3) is 4.57. The van der Waals surface area contributed by atoms with E-state index in [2.05, 4.69) is 22.0 Å². The second kappa shape index (κ2) is 7.34. The third-order valence-electron chi connectivity index (χ3n) is 4.25. The van der Waals surface area contributed by atoms with Gasteiger partial charge in [0.25, 0.3) is 0 Å². The quantitative estimate of drug-likeness (QED) is 0.756. The summed E-state index contributed by atoms with van der Waals surface area (Å²) >= 11 is 0. The van der Waals surface area contributed by atoms with Crippen LogP contribution in [0.2, 0.25) is 0 Å². The zero-order valence-corrected chi connectivity index (χ0v) is 11.5. The van der Waals surface area contributed by atoms with Crippen molar-refractivity contribution < 1.29 is 0 Å². The van der Waals surface area contributed by atoms with Crippen LogP contribution < -0.4 is 5.32 Å². The lowest BCUT2D eigenvalue weighted by molar-refractivity contribution is 0.130. The number of nitrogens with one attached hydrogen (secondary N) is 1. The van der Waals surface area contributed by atoms with Gasteiger partial charge < -0.3 is 15.1 Å². The van der Waals surface area contributed by atoms with Crippen molar-refractivity contribution in [2.24, 2.45) is 5.92 Å². The van der Waals surface area contributed by atoms with Crippen LogP contribution >= 0.6 is 0 Å². The minimum atomic E-state index is 0.969. The van der Waals surface area contributed by atoms with Gasteiger partial charge >= 0.3 is 0 Å². The van der Waals surface area contributed by atoms with Crippen LogP contribution in [0.3, 0.4) is 0 Å². The van der Waals surface area contributed by atoms with E-state index >= 15 is 0 Å². The lowest BCUT2D eigenvalue weighted by Gasteiger charge is -2.34. The molecular formula is C14H29N3. The third-order valence-corrected chi connectivity index (χ3v) is 4.25. The summed E-state index contributed by atoms with van der Waals surface area (Å²) in [6.07, 6.45) is 5.54. The van der Waals surface area contributed by atoms with E-state index in [-0.39, 0.29) is 0 Å². The summed E-state index contributed by atoms with van der Waals surface area (Å²) in [7, 11) is 0. The van der Waals surface area contributed by atoms with E-state index in [0.29, 0.717) is 0 Å². The summed E-state index contributed by atoms with van der Waals surface area (Å²) < 4.78 is 0. The number of hydrogen-bond acceptors (Lipinski definition) is 3. The fourth-order valence-electron chi connectivity index (χ4n) is 3.12. The first-order valence-electron chi connectivity index (χ1n) is 7.54. The van der Waals surface area contributed by atoms with Crippen molar-refractivity contribution in [2.75, 3.05) is 52.4 Å². The average molecular weight is 239 g/mol. The Morgan fingerprint density at radius 2 is 1.76 bits per heavy atom. The van der Waals surface area contributed by atoms with Crippen molar-refractivity contribution in [1.82, 2.24) is 15.1 Å². The van der Waals surface area contributed by atoms with E-state index in [1.807, 2.05) is 0 Å². The van der Waals surface area contributed by atoms with E-state index in [4.69, 9.17) is 0 Å². The first-order valence-corrected chi connectivity index (χ1v) is 7.54. The molecule has 2 aliphatic heterocycles. The maximum absolute atomic E-state index is 3.46. The fourth-order valence-corrected chi connectivity index (χ4v) is 3.12. The standard InChI is InChI=1S/C14H29N3/c1-2-7-16-9-11-17(12-10-16)8-3-4-14-5-6-15-13-14/h14-15H,2-13H2,1H3. The highest BCUT2D eigenvalue weighted by atomic mass is 15.3. The van der Waals surface area contributed by atoms with Gasteiger partial charge in [-0.3, -0.25) is 0 Å². The highest BCUT2D eigenvalue weighted by Gasteiger charge is 2.17. The predicted molar refractivity (Wildman–Crippen MR) is 73.4 cm³/mol. The summed E-state index contributed by atoms with van der Waals surface area (Å²) in [6.45, 7) is 12.6. The predicted octanol–water partition coefficient (Wildman–Crippen LogP) is 1.40. The van der Waals surface area contributed by atoms with Crippen molar-refractivity contribution in [2.45, 2.75) is 32.6 Å². The molecule has 0 saturated carbocycles. The second-order valence-corrected chi connectivity index (χ2v) is 5.68. The minimum absolute atomic E-state index is 0.969. The number of piperazine rings is 1. The summed E-state index contributed by atoms with van der Waals surface area (Å²) in [6, 6.07) is 0. The molecule has 3 heteroatoms. The SMILES string of the molecule is CCCN1CCN(CCCC2CCNC2)CC1. The van der Waals surface area contributed by atoms with E-state index < -0.39 is 0 Å². The Kier molecular flexibility index (Phi) is 5.75. The highest BCUT2D eigenvalue weighted by Crippen LogP contribution is 2.15. The van der Waals surface area contributed by atoms with Crippen molar-refractivity contribution in [1.29, 1.82) is 0 Å². The van der Waals surface area contributed by atoms with Crippen LogP contribution in [0, 0.1) is 5.92 Å². The minimum Gasteiger partial charge on any atom is -0.316 e. The molecule has 1 atom stereocenters. The molecular weight excluding hydrogens is 210 g/mol. The van der Waals surface area contributed by atoms with Crippen LogP contribution in [-0.4, -0.2) is 62.2 Å². The Bertz CT molecular complexity index is 194. The molecule has 3 nitrogen and oxygen atoms in total. The smallest absolute Gasteiger partial charge is 0.0110 e. The van der Waals surface area contributed by atoms with Crippen LogP contribution in [0.5, 0.6) is 0 Å². The van der Waals surface area contributed by atoms with E-state index in [1.165, 1.54) is 78.0 Å². The Morgan fingerprint density at radius 3 is 2.35 bits per heavy atom. The number of rotatable bonds is 6. The topological polar surface area (TPSA) is 18.5 Å². The Labute approximate surface area is 107 Å². The molecule has 0 radical (unpaired) electrons. The van der Waals surface area contributed by atoms with Crippen molar-refractivity contribution >= 4 is 0 Å². The average Bonchev–Trinajstić information content (AvgIpc) is 2.85. The molecule has 2 rings (SSSR count). The molecule has 2 heterocycles. The molecule has 0 aromatic carbocycles. The molecule has 1 N–H and O–H groups in total. The van der Waals surface area contributed by atoms with Crippen LogP contribution in [-0.2, 0) is 0 Å². The van der Waals surface area contributed by atoms with Gasteiger partial charge in [0.15, 0.2) is 0 Å². The van der Waals surface area contributed by atoms with Gasteiger partial charge in [0.1, 0.15) is 0 Å². The summed E-state index contributed by atoms with van der Waals surface area (Å²) in [5, 5.41) is 3.46. The first-order chi connectivity index (χ1) is 8.38. The molecule has 0 aliphatic carbocycles. The van der Waals surface area contributed by atoms with Crippen LogP contribution in [0.25, 0.3) is 0 Å². The molecule has 2 aliphatic rings. The van der Waals surface area contributed by atoms with Gasteiger partial charge in [-0.1, -0.05) is 6.92 Å². The molecule has 0 spiro atoms. The summed E-state index contributed by atoms with van der Waals surface area (Å²) in [5.41, 5.74) is 0. The molecule has 2 saturated heterocycles. The van der Waals surface area contributed by atoms with Crippen molar-refractivity contribution in [3.63, 3.8) is 0 Å². The van der Waals surface area contributed by atoms with Gasteiger partial charge in [0, 0.05) is 26.2 Å². The lowest BCUT2D eigenvalue weighted by Crippen LogP contribution is -2.46. The number of nitrogens with zero attached hydrogens (tertiary/aromatic N) is 2. The van der Waals surface area contributed by atoms with Gasteiger partial charge in [0.05, 0.1) is 0 Å². The van der Waals surface area contributed by atoms with Gasteiger partial charge in [-0.2, -0.15) is 0 Å². The van der Waals surface area contributed by atoms with Gasteiger partial charge in [-0.05, 0) is 57.8 Å². The van der Waals surface area contributed by atoms with E-state index in [1.54, 1.807) is 0 Å². The van der Waals surface area contributed by atoms with E-state index in [0.717, 1.165) is 5.92 Å². The zero-order chi connectivity index (χ0) is 11.9. The van der Waals surface area contributed by atoms with Gasteiger partial charge in [-0.15, -0.1) is 0 Å². The van der Waals surface area contributed by atoms with Gasteiger partial charge in [-0.25, -0.2) is 0 Å².